The van der Waals surface area contributed by atoms with Gasteiger partial charge in [0.05, 0.1) is 18.1 Å². The number of hydrogen-bond acceptors (Lipinski definition) is 6. The highest BCUT2D eigenvalue weighted by atomic mass is 16.6. The van der Waals surface area contributed by atoms with Gasteiger partial charge in [0.25, 0.3) is 0 Å². The van der Waals surface area contributed by atoms with E-state index in [-0.39, 0.29) is 17.5 Å². The third-order valence-electron chi connectivity index (χ3n) is 6.24. The first kappa shape index (κ1) is 20.1. The molecule has 0 amide bonds. The molecule has 150 valence electrons. The fourth-order valence-electron chi connectivity index (χ4n) is 4.84. The van der Waals surface area contributed by atoms with Crippen molar-refractivity contribution in [2.45, 2.75) is 77.9 Å². The molecule has 1 saturated carbocycles. The number of carbonyl (C=O) groups excluding carboxylic acids is 1. The molecule has 2 saturated heterocycles. The van der Waals surface area contributed by atoms with Crippen LogP contribution < -0.4 is 0 Å². The molecule has 0 aromatic rings. The largest absolute Gasteiger partial charge is 0.466 e. The van der Waals surface area contributed by atoms with Gasteiger partial charge in [0.15, 0.2) is 0 Å². The number of likely N-dealkylation sites (tertiary alicyclic amines) is 2. The van der Waals surface area contributed by atoms with E-state index in [0.717, 1.165) is 45.4 Å². The molecule has 0 bridgehead atoms. The van der Waals surface area contributed by atoms with Crippen LogP contribution in [0.5, 0.6) is 0 Å². The normalized spacial score (nSPS) is 32.6. The van der Waals surface area contributed by atoms with Crippen molar-refractivity contribution in [2.75, 3.05) is 32.8 Å². The Balaban J connectivity index is 1.42. The number of nitrogens with zero attached hydrogens (tertiary/aromatic N) is 2. The van der Waals surface area contributed by atoms with Crippen molar-refractivity contribution in [1.29, 1.82) is 0 Å². The monoisotopic (exact) mass is 368 g/mol. The molecule has 1 spiro atoms. The van der Waals surface area contributed by atoms with Crippen LogP contribution >= 0.6 is 0 Å². The maximum Gasteiger partial charge on any atom is 0.309 e. The van der Waals surface area contributed by atoms with E-state index < -0.39 is 6.41 Å². The lowest BCUT2D eigenvalue weighted by Gasteiger charge is -2.51. The smallest absolute Gasteiger partial charge is 0.309 e. The zero-order valence-corrected chi connectivity index (χ0v) is 16.9. The second-order valence-corrected chi connectivity index (χ2v) is 9.40. The Bertz CT molecular complexity index is 491. The molecule has 0 aromatic carbocycles. The maximum atomic E-state index is 11.9. The van der Waals surface area contributed by atoms with Crippen molar-refractivity contribution in [1.82, 2.24) is 9.80 Å². The van der Waals surface area contributed by atoms with Crippen LogP contribution in [-0.2, 0) is 14.3 Å². The van der Waals surface area contributed by atoms with E-state index in [9.17, 15) is 9.90 Å². The first-order valence-electron chi connectivity index (χ1n) is 10.2. The van der Waals surface area contributed by atoms with Gasteiger partial charge in [-0.3, -0.25) is 9.69 Å². The van der Waals surface area contributed by atoms with Crippen LogP contribution in [0.4, 0.5) is 0 Å². The number of piperidine rings is 1. The topological polar surface area (TPSA) is 62.2 Å². The number of rotatable bonds is 5. The zero-order chi connectivity index (χ0) is 18.9. The van der Waals surface area contributed by atoms with Gasteiger partial charge in [0.1, 0.15) is 0 Å². The van der Waals surface area contributed by atoms with Crippen LogP contribution in [0.3, 0.4) is 0 Å². The van der Waals surface area contributed by atoms with Gasteiger partial charge in [0.2, 0.25) is 6.41 Å². The molecular formula is C20H36N2O4. The van der Waals surface area contributed by atoms with Gasteiger partial charge in [-0.25, -0.2) is 0 Å². The fourth-order valence-corrected chi connectivity index (χ4v) is 4.84. The first-order valence-corrected chi connectivity index (χ1v) is 10.2. The summed E-state index contributed by atoms with van der Waals surface area (Å²) in [5.41, 5.74) is 0.0193. The summed E-state index contributed by atoms with van der Waals surface area (Å²) >= 11 is 0. The molecule has 6 heteroatoms. The van der Waals surface area contributed by atoms with Crippen LogP contribution in [-0.4, -0.2) is 71.7 Å². The Morgan fingerprint density at radius 3 is 2.46 bits per heavy atom. The lowest BCUT2D eigenvalue weighted by molar-refractivity contribution is -0.236. The van der Waals surface area contributed by atoms with Gasteiger partial charge in [-0.1, -0.05) is 0 Å². The standard InChI is InChI=1S/C20H36N2O4/c1-5-25-17(23)15-6-9-21(10-7-15)16-12-20(13-16)8-11-22(14-20)18(24)26-19(2,3)4/h15-16,18,24H,5-14H2,1-4H3. The highest BCUT2D eigenvalue weighted by Crippen LogP contribution is 2.51. The van der Waals surface area contributed by atoms with Crippen molar-refractivity contribution >= 4 is 5.97 Å². The average molecular weight is 369 g/mol. The molecular weight excluding hydrogens is 332 g/mol. The van der Waals surface area contributed by atoms with Gasteiger partial charge in [-0.15, -0.1) is 0 Å². The minimum absolute atomic E-state index is 0.0171. The molecule has 0 radical (unpaired) electrons. The molecule has 3 aliphatic rings. The summed E-state index contributed by atoms with van der Waals surface area (Å²) in [7, 11) is 0. The zero-order valence-electron chi connectivity index (χ0n) is 16.9. The predicted molar refractivity (Wildman–Crippen MR) is 99.4 cm³/mol. The van der Waals surface area contributed by atoms with E-state index in [1.807, 2.05) is 27.7 Å². The molecule has 1 aliphatic carbocycles. The van der Waals surface area contributed by atoms with Gasteiger partial charge in [-0.05, 0) is 78.3 Å². The molecule has 1 N–H and O–H groups in total. The van der Waals surface area contributed by atoms with E-state index >= 15 is 0 Å². The van der Waals surface area contributed by atoms with Crippen molar-refractivity contribution in [3.05, 3.63) is 0 Å². The van der Waals surface area contributed by atoms with Crippen molar-refractivity contribution < 1.29 is 19.4 Å². The highest BCUT2D eigenvalue weighted by molar-refractivity contribution is 5.72. The molecule has 0 aromatic heterocycles. The molecule has 1 atom stereocenters. The summed E-state index contributed by atoms with van der Waals surface area (Å²) in [6.45, 7) is 12.1. The van der Waals surface area contributed by atoms with Gasteiger partial charge >= 0.3 is 5.97 Å². The minimum Gasteiger partial charge on any atom is -0.466 e. The summed E-state index contributed by atoms with van der Waals surface area (Å²) in [5.74, 6) is 0.0726. The maximum absolute atomic E-state index is 11.9. The Labute approximate surface area is 157 Å². The third kappa shape index (κ3) is 4.58. The van der Waals surface area contributed by atoms with Crippen molar-refractivity contribution in [2.24, 2.45) is 11.3 Å². The number of aliphatic hydroxyl groups is 1. The number of aliphatic hydroxyl groups excluding tert-OH is 1. The minimum atomic E-state index is -0.797. The fraction of sp³-hybridized carbons (Fsp3) is 0.950. The SMILES string of the molecule is CCOC(=O)C1CCN(C2CC3(CCN(C(O)OC(C)(C)C)C3)C2)CC1. The summed E-state index contributed by atoms with van der Waals surface area (Å²) in [5, 5.41) is 10.3. The van der Waals surface area contributed by atoms with E-state index in [2.05, 4.69) is 9.80 Å². The van der Waals surface area contributed by atoms with Crippen LogP contribution in [0.2, 0.25) is 0 Å². The van der Waals surface area contributed by atoms with Crippen LogP contribution in [0, 0.1) is 11.3 Å². The van der Waals surface area contributed by atoms with E-state index in [1.54, 1.807) is 0 Å². The summed E-state index contributed by atoms with van der Waals surface area (Å²) in [4.78, 5) is 16.5. The van der Waals surface area contributed by atoms with E-state index in [0.29, 0.717) is 18.1 Å². The first-order chi connectivity index (χ1) is 12.2. The Kier molecular flexibility index (Phi) is 5.97. The molecule has 3 rings (SSSR count). The van der Waals surface area contributed by atoms with Gasteiger partial charge in [0, 0.05) is 19.1 Å². The van der Waals surface area contributed by atoms with Gasteiger partial charge in [-0.2, -0.15) is 0 Å². The predicted octanol–water partition coefficient (Wildman–Crippen LogP) is 2.21. The summed E-state index contributed by atoms with van der Waals surface area (Å²) < 4.78 is 10.9. The highest BCUT2D eigenvalue weighted by Gasteiger charge is 2.51. The quantitative estimate of drug-likeness (QED) is 0.593. The molecule has 6 nitrogen and oxygen atoms in total. The summed E-state index contributed by atoms with van der Waals surface area (Å²) in [6, 6.07) is 0.638. The number of ether oxygens (including phenoxy) is 2. The molecule has 1 unspecified atom stereocenters. The lowest BCUT2D eigenvalue weighted by atomic mass is 9.64. The third-order valence-corrected chi connectivity index (χ3v) is 6.24. The Morgan fingerprint density at radius 1 is 1.23 bits per heavy atom. The van der Waals surface area contributed by atoms with Gasteiger partial charge < -0.3 is 19.5 Å². The average Bonchev–Trinajstić information content (AvgIpc) is 2.98. The van der Waals surface area contributed by atoms with E-state index in [4.69, 9.17) is 9.47 Å². The van der Waals surface area contributed by atoms with Crippen LogP contribution in [0.15, 0.2) is 0 Å². The molecule has 2 heterocycles. The number of esters is 1. The van der Waals surface area contributed by atoms with E-state index in [1.165, 1.54) is 12.8 Å². The Morgan fingerprint density at radius 2 is 1.88 bits per heavy atom. The van der Waals surface area contributed by atoms with Crippen molar-refractivity contribution in [3.8, 4) is 0 Å². The second-order valence-electron chi connectivity index (χ2n) is 9.40. The molecule has 3 fully saturated rings. The lowest BCUT2D eigenvalue weighted by Crippen LogP contribution is -2.55. The Hall–Kier alpha value is -0.690. The van der Waals surface area contributed by atoms with Crippen LogP contribution in [0.25, 0.3) is 0 Å². The number of carbonyl (C=O) groups is 1. The summed E-state index contributed by atoms with van der Waals surface area (Å²) in [6.07, 6.45) is 4.60. The second kappa shape index (κ2) is 7.74. The van der Waals surface area contributed by atoms with Crippen LogP contribution in [0.1, 0.15) is 59.8 Å². The molecule has 26 heavy (non-hydrogen) atoms. The van der Waals surface area contributed by atoms with Crippen molar-refractivity contribution in [3.63, 3.8) is 0 Å². The number of hydrogen-bond donors (Lipinski definition) is 1. The molecule has 2 aliphatic heterocycles.